The van der Waals surface area contributed by atoms with Crippen molar-refractivity contribution in [2.45, 2.75) is 38.5 Å². The van der Waals surface area contributed by atoms with Crippen LogP contribution in [-0.4, -0.2) is 28.4 Å². The quantitative estimate of drug-likeness (QED) is 0.784. The highest BCUT2D eigenvalue weighted by Crippen LogP contribution is 2.18. The van der Waals surface area contributed by atoms with Gasteiger partial charge in [0.1, 0.15) is 6.61 Å². The van der Waals surface area contributed by atoms with Gasteiger partial charge in [0, 0.05) is 17.6 Å². The molecule has 1 N–H and O–H groups in total. The Hall–Kier alpha value is -1.08. The zero-order valence-electron chi connectivity index (χ0n) is 11.3. The Balaban J connectivity index is 2.37. The van der Waals surface area contributed by atoms with Gasteiger partial charge in [-0.15, -0.1) is 11.3 Å². The third-order valence-electron chi connectivity index (χ3n) is 2.40. The van der Waals surface area contributed by atoms with Crippen LogP contribution >= 0.6 is 23.1 Å². The van der Waals surface area contributed by atoms with Crippen molar-refractivity contribution in [2.24, 2.45) is 0 Å². The molecule has 1 aromatic heterocycles. The molecule has 0 aliphatic heterocycles. The summed E-state index contributed by atoms with van der Waals surface area (Å²) in [7, 11) is 0. The molecule has 0 aliphatic rings. The Morgan fingerprint density at radius 2 is 2.32 bits per heavy atom. The van der Waals surface area contributed by atoms with Crippen LogP contribution in [-0.2, 0) is 20.9 Å². The van der Waals surface area contributed by atoms with Gasteiger partial charge in [-0.05, 0) is 12.7 Å². The average molecular weight is 302 g/mol. The Bertz CT molecular complexity index is 430. The zero-order chi connectivity index (χ0) is 14.3. The highest BCUT2D eigenvalue weighted by molar-refractivity contribution is 7.99. The highest BCUT2D eigenvalue weighted by Gasteiger charge is 2.13. The monoisotopic (exact) mass is 302 g/mol. The van der Waals surface area contributed by atoms with Crippen molar-refractivity contribution in [1.29, 1.82) is 0 Å². The summed E-state index contributed by atoms with van der Waals surface area (Å²) >= 11 is 2.98. The summed E-state index contributed by atoms with van der Waals surface area (Å²) in [6.45, 7) is 3.63. The second-order valence-corrected chi connectivity index (χ2v) is 5.95. The fraction of sp³-hybridized carbons (Fsp3) is 0.583. The minimum Gasteiger partial charge on any atom is -0.459 e. The van der Waals surface area contributed by atoms with Gasteiger partial charge in [-0.2, -0.15) is 11.8 Å². The molecule has 0 spiro atoms. The van der Waals surface area contributed by atoms with E-state index < -0.39 is 0 Å². The number of aromatic nitrogens is 1. The molecule has 106 valence electrons. The van der Waals surface area contributed by atoms with Gasteiger partial charge in [0.05, 0.1) is 12.1 Å². The van der Waals surface area contributed by atoms with Gasteiger partial charge in [-0.25, -0.2) is 4.98 Å². The van der Waals surface area contributed by atoms with Crippen molar-refractivity contribution < 1.29 is 14.3 Å². The van der Waals surface area contributed by atoms with Crippen molar-refractivity contribution in [1.82, 2.24) is 4.98 Å². The molecule has 1 heterocycles. The lowest BCUT2D eigenvalue weighted by Crippen LogP contribution is -2.12. The summed E-state index contributed by atoms with van der Waals surface area (Å²) in [6, 6.07) is 0. The molecule has 0 aromatic carbocycles. The van der Waals surface area contributed by atoms with Crippen LogP contribution in [0.4, 0.5) is 5.13 Å². The van der Waals surface area contributed by atoms with Gasteiger partial charge in [0.2, 0.25) is 5.91 Å². The Morgan fingerprint density at radius 1 is 1.58 bits per heavy atom. The van der Waals surface area contributed by atoms with E-state index in [-0.39, 0.29) is 18.5 Å². The number of ether oxygens (including phenoxy) is 1. The summed E-state index contributed by atoms with van der Waals surface area (Å²) in [5.41, 5.74) is 0.652. The molecule has 0 fully saturated rings. The molecule has 0 bridgehead atoms. The van der Waals surface area contributed by atoms with Crippen LogP contribution in [0.1, 0.15) is 32.4 Å². The molecule has 19 heavy (non-hydrogen) atoms. The van der Waals surface area contributed by atoms with E-state index in [0.29, 0.717) is 22.5 Å². The number of amides is 1. The molecule has 5 nitrogen and oxygen atoms in total. The maximum atomic E-state index is 11.6. The number of esters is 1. The number of nitrogens with zero attached hydrogens (tertiary/aromatic N) is 1. The number of nitrogens with one attached hydrogen (secondary N) is 1. The molecule has 0 saturated heterocycles. The van der Waals surface area contributed by atoms with Gasteiger partial charge in [-0.1, -0.05) is 6.92 Å². The van der Waals surface area contributed by atoms with Gasteiger partial charge in [0.15, 0.2) is 5.13 Å². The SMILES string of the molecule is CC[C@@H](CC(=O)OCc1csc(NC(C)=O)n1)SC. The van der Waals surface area contributed by atoms with E-state index in [1.807, 2.05) is 6.26 Å². The van der Waals surface area contributed by atoms with Crippen LogP contribution in [0.2, 0.25) is 0 Å². The first kappa shape index (κ1) is 16.0. The van der Waals surface area contributed by atoms with Crippen molar-refractivity contribution >= 4 is 40.1 Å². The number of hydrogen-bond acceptors (Lipinski definition) is 6. The minimum absolute atomic E-state index is 0.153. The van der Waals surface area contributed by atoms with Gasteiger partial charge in [0.25, 0.3) is 0 Å². The maximum Gasteiger partial charge on any atom is 0.307 e. The molecule has 7 heteroatoms. The molecule has 0 unspecified atom stereocenters. The first-order valence-electron chi connectivity index (χ1n) is 5.95. The standard InChI is InChI=1S/C12H18N2O3S2/c1-4-10(18-3)5-11(16)17-6-9-7-19-12(14-9)13-8(2)15/h7,10H,4-6H2,1-3H3,(H,13,14,15)/t10-/m0/s1. The van der Waals surface area contributed by atoms with E-state index in [4.69, 9.17) is 4.74 Å². The lowest BCUT2D eigenvalue weighted by Gasteiger charge is -2.10. The second kappa shape index (κ2) is 8.16. The summed E-state index contributed by atoms with van der Waals surface area (Å²) in [5, 5.41) is 5.18. The van der Waals surface area contributed by atoms with E-state index in [1.165, 1.54) is 18.3 Å². The smallest absolute Gasteiger partial charge is 0.307 e. The van der Waals surface area contributed by atoms with Crippen LogP contribution in [0.5, 0.6) is 0 Å². The first-order chi connectivity index (χ1) is 9.05. The van der Waals surface area contributed by atoms with Crippen molar-refractivity contribution in [2.75, 3.05) is 11.6 Å². The first-order valence-corrected chi connectivity index (χ1v) is 8.12. The average Bonchev–Trinajstić information content (AvgIpc) is 2.80. The number of hydrogen-bond donors (Lipinski definition) is 1. The molecule has 0 aliphatic carbocycles. The molecule has 0 radical (unpaired) electrons. The van der Waals surface area contributed by atoms with Crippen LogP contribution in [0.3, 0.4) is 0 Å². The van der Waals surface area contributed by atoms with Crippen LogP contribution in [0.15, 0.2) is 5.38 Å². The Labute approximate surface area is 121 Å². The largest absolute Gasteiger partial charge is 0.459 e. The van der Waals surface area contributed by atoms with E-state index in [0.717, 1.165) is 6.42 Å². The van der Waals surface area contributed by atoms with Gasteiger partial charge in [-0.3, -0.25) is 9.59 Å². The lowest BCUT2D eigenvalue weighted by atomic mass is 10.2. The van der Waals surface area contributed by atoms with Crippen LogP contribution in [0.25, 0.3) is 0 Å². The van der Waals surface area contributed by atoms with Gasteiger partial charge >= 0.3 is 5.97 Å². The normalized spacial score (nSPS) is 11.9. The summed E-state index contributed by atoms with van der Waals surface area (Å²) in [6.07, 6.45) is 3.35. The minimum atomic E-state index is -0.213. The molecule has 1 atom stereocenters. The molecule has 1 aromatic rings. The topological polar surface area (TPSA) is 68.3 Å². The molecule has 0 saturated carbocycles. The number of anilines is 1. The summed E-state index contributed by atoms with van der Waals surface area (Å²) in [5.74, 6) is -0.376. The van der Waals surface area contributed by atoms with E-state index in [9.17, 15) is 9.59 Å². The molecule has 1 rings (SSSR count). The second-order valence-electron chi connectivity index (χ2n) is 3.96. The third-order valence-corrected chi connectivity index (χ3v) is 4.37. The maximum absolute atomic E-state index is 11.6. The predicted octanol–water partition coefficient (Wildman–Crippen LogP) is 2.68. The van der Waals surface area contributed by atoms with Crippen LogP contribution in [0, 0.1) is 0 Å². The highest BCUT2D eigenvalue weighted by atomic mass is 32.2. The van der Waals surface area contributed by atoms with E-state index >= 15 is 0 Å². The molecular weight excluding hydrogens is 284 g/mol. The van der Waals surface area contributed by atoms with Crippen molar-refractivity contribution in [3.8, 4) is 0 Å². The van der Waals surface area contributed by atoms with Gasteiger partial charge < -0.3 is 10.1 Å². The van der Waals surface area contributed by atoms with E-state index in [2.05, 4.69) is 17.2 Å². The van der Waals surface area contributed by atoms with E-state index in [1.54, 1.807) is 17.1 Å². The molecule has 1 amide bonds. The number of thiazole rings is 1. The Kier molecular flexibility index (Phi) is 6.86. The van der Waals surface area contributed by atoms with Crippen LogP contribution < -0.4 is 5.32 Å². The number of carbonyl (C=O) groups excluding carboxylic acids is 2. The third kappa shape index (κ3) is 6.07. The Morgan fingerprint density at radius 3 is 2.89 bits per heavy atom. The number of rotatable bonds is 7. The fourth-order valence-corrected chi connectivity index (χ4v) is 2.75. The number of thioether (sulfide) groups is 1. The van der Waals surface area contributed by atoms with Crippen molar-refractivity contribution in [3.05, 3.63) is 11.1 Å². The summed E-state index contributed by atoms with van der Waals surface area (Å²) in [4.78, 5) is 26.6. The lowest BCUT2D eigenvalue weighted by molar-refractivity contribution is -0.145. The number of carbonyl (C=O) groups is 2. The molecular formula is C12H18N2O3S2. The van der Waals surface area contributed by atoms with Crippen molar-refractivity contribution in [3.63, 3.8) is 0 Å². The zero-order valence-corrected chi connectivity index (χ0v) is 12.9. The fourth-order valence-electron chi connectivity index (χ4n) is 1.37. The predicted molar refractivity (Wildman–Crippen MR) is 78.4 cm³/mol. The summed E-state index contributed by atoms with van der Waals surface area (Å²) < 4.78 is 5.16.